The smallest absolute Gasteiger partial charge is 0.303 e. The Morgan fingerprint density at radius 2 is 1.90 bits per heavy atom. The molecule has 0 spiro atoms. The van der Waals surface area contributed by atoms with Crippen molar-refractivity contribution in [2.24, 2.45) is 22.7 Å². The summed E-state index contributed by atoms with van der Waals surface area (Å²) in [6.07, 6.45) is 12.9. The number of aliphatic imine (C=N–C) groups is 1. The lowest BCUT2D eigenvalue weighted by atomic mass is 9.77. The zero-order valence-corrected chi connectivity index (χ0v) is 18.5. The Morgan fingerprint density at radius 1 is 1.16 bits per heavy atom. The maximum atomic E-state index is 12.7. The molecule has 0 radical (unpaired) electrons. The summed E-state index contributed by atoms with van der Waals surface area (Å²) in [7, 11) is 0. The maximum Gasteiger partial charge on any atom is 0.303 e. The Labute approximate surface area is 185 Å². The molecule has 2 aliphatic rings. The minimum Gasteiger partial charge on any atom is -0.481 e. The second kappa shape index (κ2) is 11.9. The third kappa shape index (κ3) is 6.86. The van der Waals surface area contributed by atoms with Crippen molar-refractivity contribution in [3.8, 4) is 0 Å². The fourth-order valence-corrected chi connectivity index (χ4v) is 4.85. The van der Waals surface area contributed by atoms with Gasteiger partial charge in [-0.25, -0.2) is 0 Å². The summed E-state index contributed by atoms with van der Waals surface area (Å²) in [4.78, 5) is 28.0. The van der Waals surface area contributed by atoms with E-state index in [1.807, 2.05) is 43.5 Å². The first-order valence-electron chi connectivity index (χ1n) is 11.7. The number of Topliss-reactive ketones (excluding diaryl/α,β-unsaturated/α-hetero) is 1. The van der Waals surface area contributed by atoms with Crippen molar-refractivity contribution >= 4 is 18.0 Å². The summed E-state index contributed by atoms with van der Waals surface area (Å²) in [5, 5.41) is 8.72. The highest BCUT2D eigenvalue weighted by atomic mass is 16.5. The van der Waals surface area contributed by atoms with Crippen molar-refractivity contribution in [3.63, 3.8) is 0 Å². The molecular formula is C26H35NO4. The number of ether oxygens (including phenoxy) is 1. The molecule has 3 rings (SSSR count). The van der Waals surface area contributed by atoms with Crippen LogP contribution in [0.3, 0.4) is 0 Å². The van der Waals surface area contributed by atoms with Gasteiger partial charge in [0.05, 0.1) is 18.1 Å². The van der Waals surface area contributed by atoms with E-state index < -0.39 is 5.97 Å². The number of hydrogen-bond donors (Lipinski definition) is 1. The zero-order chi connectivity index (χ0) is 22.1. The number of ketones is 1. The predicted molar refractivity (Wildman–Crippen MR) is 122 cm³/mol. The third-order valence-corrected chi connectivity index (χ3v) is 6.60. The second-order valence-electron chi connectivity index (χ2n) is 8.77. The molecule has 168 valence electrons. The molecule has 1 N–H and O–H groups in total. The molecule has 1 aromatic carbocycles. The van der Waals surface area contributed by atoms with E-state index in [4.69, 9.17) is 14.8 Å². The van der Waals surface area contributed by atoms with Crippen LogP contribution in [0.1, 0.15) is 57.4 Å². The first-order valence-corrected chi connectivity index (χ1v) is 11.7. The number of carboxylic acid groups (broad SMARTS) is 1. The number of unbranched alkanes of at least 4 members (excludes halogenated alkanes) is 1. The number of nitrogens with zero attached hydrogens (tertiary/aromatic N) is 1. The van der Waals surface area contributed by atoms with Gasteiger partial charge in [-0.1, -0.05) is 49.4 Å². The van der Waals surface area contributed by atoms with Crippen LogP contribution in [0, 0.1) is 17.8 Å². The van der Waals surface area contributed by atoms with Crippen LogP contribution in [-0.4, -0.2) is 41.8 Å². The number of fused-ring (bicyclic) bond motifs is 2. The van der Waals surface area contributed by atoms with E-state index in [0.717, 1.165) is 37.7 Å². The first kappa shape index (κ1) is 23.4. The second-order valence-corrected chi connectivity index (χ2v) is 8.77. The van der Waals surface area contributed by atoms with Gasteiger partial charge >= 0.3 is 5.97 Å². The highest BCUT2D eigenvalue weighted by Gasteiger charge is 2.47. The number of carboxylic acids is 1. The molecule has 2 saturated heterocycles. The first-order chi connectivity index (χ1) is 15.1. The van der Waals surface area contributed by atoms with Gasteiger partial charge in [0, 0.05) is 31.5 Å². The topological polar surface area (TPSA) is 76.0 Å². The van der Waals surface area contributed by atoms with Crippen molar-refractivity contribution in [2.45, 2.75) is 70.5 Å². The van der Waals surface area contributed by atoms with E-state index in [1.165, 1.54) is 0 Å². The highest BCUT2D eigenvalue weighted by molar-refractivity contribution is 5.95. The van der Waals surface area contributed by atoms with Gasteiger partial charge in [0.25, 0.3) is 0 Å². The Kier molecular flexibility index (Phi) is 9.01. The highest BCUT2D eigenvalue weighted by Crippen LogP contribution is 2.45. The maximum absolute atomic E-state index is 12.7. The van der Waals surface area contributed by atoms with Crippen LogP contribution in [0.2, 0.25) is 0 Å². The largest absolute Gasteiger partial charge is 0.481 e. The summed E-state index contributed by atoms with van der Waals surface area (Å²) >= 11 is 0. The number of carbonyl (C=O) groups is 2. The van der Waals surface area contributed by atoms with Crippen LogP contribution >= 0.6 is 0 Å². The lowest BCUT2D eigenvalue weighted by Crippen LogP contribution is -2.29. The zero-order valence-electron chi connectivity index (χ0n) is 18.5. The van der Waals surface area contributed by atoms with Crippen LogP contribution in [0.5, 0.6) is 0 Å². The molecule has 5 atom stereocenters. The van der Waals surface area contributed by atoms with Gasteiger partial charge in [-0.2, -0.15) is 0 Å². The molecule has 2 heterocycles. The summed E-state index contributed by atoms with van der Waals surface area (Å²) in [6.45, 7) is 2.76. The number of aliphatic carboxylic acids is 1. The monoisotopic (exact) mass is 425 g/mol. The average Bonchev–Trinajstić information content (AvgIpc) is 3.36. The Balaban J connectivity index is 1.49. The van der Waals surface area contributed by atoms with E-state index >= 15 is 0 Å². The van der Waals surface area contributed by atoms with Crippen molar-refractivity contribution in [2.75, 3.05) is 6.54 Å². The Morgan fingerprint density at radius 3 is 2.61 bits per heavy atom. The minimum absolute atomic E-state index is 0.132. The van der Waals surface area contributed by atoms with Gasteiger partial charge < -0.3 is 9.84 Å². The average molecular weight is 426 g/mol. The summed E-state index contributed by atoms with van der Waals surface area (Å²) in [6, 6.07) is 9.88. The fourth-order valence-electron chi connectivity index (χ4n) is 4.85. The predicted octanol–water partition coefficient (Wildman–Crippen LogP) is 4.89. The molecule has 5 heteroatoms. The molecule has 2 aliphatic heterocycles. The molecule has 5 nitrogen and oxygen atoms in total. The Hall–Kier alpha value is -2.27. The molecule has 1 aromatic rings. The van der Waals surface area contributed by atoms with Crippen LogP contribution in [0.4, 0.5) is 0 Å². The molecule has 2 bridgehead atoms. The molecule has 0 amide bonds. The molecule has 2 fully saturated rings. The lowest BCUT2D eigenvalue weighted by molar-refractivity contribution is -0.137. The third-order valence-electron chi connectivity index (χ3n) is 6.60. The summed E-state index contributed by atoms with van der Waals surface area (Å²) in [5.41, 5.74) is 1.05. The fraction of sp³-hybridized carbons (Fsp3) is 0.577. The van der Waals surface area contributed by atoms with E-state index in [1.54, 1.807) is 0 Å². The summed E-state index contributed by atoms with van der Waals surface area (Å²) in [5.74, 6) is 0.224. The quantitative estimate of drug-likeness (QED) is 0.277. The van der Waals surface area contributed by atoms with Crippen molar-refractivity contribution < 1.29 is 19.4 Å². The van der Waals surface area contributed by atoms with Gasteiger partial charge in [-0.05, 0) is 50.0 Å². The van der Waals surface area contributed by atoms with E-state index in [-0.39, 0.29) is 24.2 Å². The van der Waals surface area contributed by atoms with Crippen LogP contribution in [0.25, 0.3) is 0 Å². The lowest BCUT2D eigenvalue weighted by Gasteiger charge is -2.26. The molecule has 0 aromatic heterocycles. The van der Waals surface area contributed by atoms with Crippen molar-refractivity contribution in [3.05, 3.63) is 48.0 Å². The van der Waals surface area contributed by atoms with Crippen LogP contribution in [0.15, 0.2) is 47.5 Å². The number of allylic oxidation sites excluding steroid dienone is 2. The van der Waals surface area contributed by atoms with Crippen molar-refractivity contribution in [1.29, 1.82) is 0 Å². The number of rotatable bonds is 13. The summed E-state index contributed by atoms with van der Waals surface area (Å²) < 4.78 is 6.17. The molecule has 1 unspecified atom stereocenters. The van der Waals surface area contributed by atoms with Gasteiger partial charge in [-0.3, -0.25) is 14.6 Å². The molecular weight excluding hydrogens is 390 g/mol. The van der Waals surface area contributed by atoms with E-state index in [9.17, 15) is 9.59 Å². The van der Waals surface area contributed by atoms with Crippen molar-refractivity contribution in [1.82, 2.24) is 0 Å². The van der Waals surface area contributed by atoms with Gasteiger partial charge in [-0.15, -0.1) is 0 Å². The van der Waals surface area contributed by atoms with Gasteiger partial charge in [0.1, 0.15) is 5.78 Å². The molecule has 0 saturated carbocycles. The van der Waals surface area contributed by atoms with Gasteiger partial charge in [0.2, 0.25) is 0 Å². The standard InChI is InChI=1S/C26H35NO4/c1-2-20(23(28)16-19-10-6-5-7-11-19)17-27-18-22-21(24-14-15-25(22)31-24)12-8-3-4-9-13-26(29)30/h3,5-8,10-11,17,20-22,24-25H,2,4,9,12-16,18H2,1H3,(H,29,30)/t20?,21-,22+,24-,25+/m0/s1. The van der Waals surface area contributed by atoms with E-state index in [0.29, 0.717) is 37.3 Å². The minimum atomic E-state index is -0.736. The van der Waals surface area contributed by atoms with Crippen LogP contribution < -0.4 is 0 Å². The molecule has 31 heavy (non-hydrogen) atoms. The number of carbonyl (C=O) groups excluding carboxylic acids is 1. The number of hydrogen-bond acceptors (Lipinski definition) is 4. The SMILES string of the molecule is CCC(C=NC[C@@H]1[C@H](CC=CCCCC(=O)O)[C@@H]2CC[C@H]1O2)C(=O)Cc1ccccc1. The van der Waals surface area contributed by atoms with Gasteiger partial charge in [0.15, 0.2) is 0 Å². The molecule has 0 aliphatic carbocycles. The normalized spacial score (nSPS) is 26.1. The van der Waals surface area contributed by atoms with Crippen LogP contribution in [-0.2, 0) is 20.7 Å². The van der Waals surface area contributed by atoms with E-state index in [2.05, 4.69) is 12.2 Å². The Bertz CT molecular complexity index is 773. The number of benzene rings is 1.